The fourth-order valence-corrected chi connectivity index (χ4v) is 3.93. The third kappa shape index (κ3) is 4.38. The van der Waals surface area contributed by atoms with E-state index in [9.17, 15) is 18.7 Å². The second-order valence-electron chi connectivity index (χ2n) is 8.16. The van der Waals surface area contributed by atoms with Gasteiger partial charge in [-0.1, -0.05) is 0 Å². The number of aliphatic hydroxyl groups excluding tert-OH is 1. The third-order valence-corrected chi connectivity index (χ3v) is 5.57. The van der Waals surface area contributed by atoms with Crippen molar-refractivity contribution in [1.82, 2.24) is 14.9 Å². The summed E-state index contributed by atoms with van der Waals surface area (Å²) >= 11 is 0. The number of rotatable bonds is 6. The van der Waals surface area contributed by atoms with Gasteiger partial charge in [-0.25, -0.2) is 13.3 Å². The molecule has 31 heavy (non-hydrogen) atoms. The van der Waals surface area contributed by atoms with Gasteiger partial charge in [-0.05, 0) is 49.6 Å². The lowest BCUT2D eigenvalue weighted by Gasteiger charge is -2.27. The molecule has 2 unspecified atom stereocenters. The summed E-state index contributed by atoms with van der Waals surface area (Å²) in [5.41, 5.74) is 0.856. The summed E-state index contributed by atoms with van der Waals surface area (Å²) in [6.07, 6.45) is 4.80. The summed E-state index contributed by atoms with van der Waals surface area (Å²) in [5, 5.41) is 25.9. The Hall–Kier alpha value is -3.04. The van der Waals surface area contributed by atoms with Crippen molar-refractivity contribution in [2.75, 3.05) is 24.6 Å². The monoisotopic (exact) mass is 430 g/mol. The van der Waals surface area contributed by atoms with Crippen LogP contribution in [0.4, 0.5) is 14.5 Å². The summed E-state index contributed by atoms with van der Waals surface area (Å²) in [4.78, 5) is 14.7. The molecule has 1 aromatic carbocycles. The number of carbonyl (C=O) groups excluding carboxylic acids is 1. The van der Waals surface area contributed by atoms with Crippen molar-refractivity contribution in [3.63, 3.8) is 0 Å². The molecular formula is C22H24F2N4O3. The highest BCUT2D eigenvalue weighted by Crippen LogP contribution is 2.37. The Morgan fingerprint density at radius 1 is 1.29 bits per heavy atom. The van der Waals surface area contributed by atoms with Gasteiger partial charge in [0.05, 0.1) is 29.9 Å². The maximum Gasteiger partial charge on any atom is 0.255 e. The van der Waals surface area contributed by atoms with Crippen LogP contribution < -0.4 is 10.2 Å². The first kappa shape index (κ1) is 21.2. The summed E-state index contributed by atoms with van der Waals surface area (Å²) in [7, 11) is 0. The highest BCUT2D eigenvalue weighted by Gasteiger charge is 2.28. The zero-order valence-corrected chi connectivity index (χ0v) is 17.1. The molecule has 0 spiro atoms. The fourth-order valence-electron chi connectivity index (χ4n) is 3.93. The Morgan fingerprint density at radius 3 is 2.74 bits per heavy atom. The van der Waals surface area contributed by atoms with Crippen LogP contribution in [-0.4, -0.2) is 51.0 Å². The maximum absolute atomic E-state index is 13.8. The minimum Gasteiger partial charge on any atom is -0.393 e. The Morgan fingerprint density at radius 2 is 2.03 bits per heavy atom. The summed E-state index contributed by atoms with van der Waals surface area (Å²) in [6.45, 7) is 1.54. The molecule has 0 radical (unpaired) electrons. The van der Waals surface area contributed by atoms with Gasteiger partial charge in [0.1, 0.15) is 17.2 Å². The van der Waals surface area contributed by atoms with Crippen LogP contribution in [0.1, 0.15) is 41.7 Å². The zero-order valence-electron chi connectivity index (χ0n) is 17.1. The predicted molar refractivity (Wildman–Crippen MR) is 111 cm³/mol. The highest BCUT2D eigenvalue weighted by atomic mass is 19.1. The van der Waals surface area contributed by atoms with Crippen molar-refractivity contribution in [3.05, 3.63) is 65.5 Å². The molecule has 3 heterocycles. The van der Waals surface area contributed by atoms with Gasteiger partial charge in [-0.3, -0.25) is 4.79 Å². The SMILES string of the molecule is CC(O)(CO)CNC(=O)c1cnn2ccc(N3CCCC3c3cc(F)cc(F)c3)cc12. The summed E-state index contributed by atoms with van der Waals surface area (Å²) in [5.74, 6) is -1.64. The van der Waals surface area contributed by atoms with Gasteiger partial charge in [0.25, 0.3) is 5.91 Å². The number of carbonyl (C=O) groups is 1. The van der Waals surface area contributed by atoms with Gasteiger partial charge < -0.3 is 20.4 Å². The molecule has 3 N–H and O–H groups in total. The first-order valence-electron chi connectivity index (χ1n) is 10.1. The number of hydrogen-bond acceptors (Lipinski definition) is 5. The van der Waals surface area contributed by atoms with E-state index in [0.717, 1.165) is 24.6 Å². The highest BCUT2D eigenvalue weighted by molar-refractivity contribution is 6.01. The van der Waals surface area contributed by atoms with E-state index in [1.807, 2.05) is 12.1 Å². The normalized spacial score (nSPS) is 18.4. The summed E-state index contributed by atoms with van der Waals surface area (Å²) < 4.78 is 29.1. The Labute approximate surface area is 177 Å². The van der Waals surface area contributed by atoms with Crippen LogP contribution in [0.15, 0.2) is 42.7 Å². The number of fused-ring (bicyclic) bond motifs is 1. The molecule has 164 valence electrons. The quantitative estimate of drug-likeness (QED) is 0.559. The van der Waals surface area contributed by atoms with Crippen molar-refractivity contribution >= 4 is 17.1 Å². The lowest BCUT2D eigenvalue weighted by Crippen LogP contribution is -2.43. The maximum atomic E-state index is 13.8. The van der Waals surface area contributed by atoms with E-state index < -0.39 is 29.7 Å². The van der Waals surface area contributed by atoms with E-state index in [1.54, 1.807) is 10.7 Å². The van der Waals surface area contributed by atoms with E-state index in [-0.39, 0.29) is 12.6 Å². The van der Waals surface area contributed by atoms with Crippen LogP contribution >= 0.6 is 0 Å². The minimum atomic E-state index is -1.42. The molecule has 2 atom stereocenters. The average Bonchev–Trinajstić information content (AvgIpc) is 3.38. The van der Waals surface area contributed by atoms with Gasteiger partial charge in [-0.15, -0.1) is 0 Å². The number of pyridine rings is 1. The van der Waals surface area contributed by atoms with E-state index in [0.29, 0.717) is 23.2 Å². The zero-order chi connectivity index (χ0) is 22.2. The largest absolute Gasteiger partial charge is 0.393 e. The Bertz CT molecular complexity index is 1100. The number of anilines is 1. The van der Waals surface area contributed by atoms with Crippen molar-refractivity contribution in [2.24, 2.45) is 0 Å². The minimum absolute atomic E-state index is 0.112. The molecule has 1 aliphatic rings. The Kier molecular flexibility index (Phi) is 5.63. The predicted octanol–water partition coefficient (Wildman–Crippen LogP) is 2.43. The standard InChI is InChI=1S/C22H24F2N4O3/c1-22(31,13-29)12-25-21(30)18-11-26-28-6-4-17(10-20(18)28)27-5-2-3-19(27)14-7-15(23)9-16(24)8-14/h4,6-11,19,29,31H,2-3,5,12-13H2,1H3,(H,25,30). The first-order valence-corrected chi connectivity index (χ1v) is 10.1. The van der Waals surface area contributed by atoms with E-state index in [2.05, 4.69) is 15.3 Å². The first-order chi connectivity index (χ1) is 14.8. The van der Waals surface area contributed by atoms with Gasteiger partial charge in [0, 0.05) is 31.0 Å². The van der Waals surface area contributed by atoms with Crippen LogP contribution in [-0.2, 0) is 0 Å². The van der Waals surface area contributed by atoms with Crippen LogP contribution in [0.25, 0.3) is 5.52 Å². The van der Waals surface area contributed by atoms with E-state index in [4.69, 9.17) is 5.11 Å². The van der Waals surface area contributed by atoms with Crippen molar-refractivity contribution < 1.29 is 23.8 Å². The van der Waals surface area contributed by atoms with Crippen LogP contribution in [0.3, 0.4) is 0 Å². The topological polar surface area (TPSA) is 90.1 Å². The second kappa shape index (κ2) is 8.24. The third-order valence-electron chi connectivity index (χ3n) is 5.57. The molecule has 4 rings (SSSR count). The molecule has 0 saturated carbocycles. The number of hydrogen-bond donors (Lipinski definition) is 3. The average molecular weight is 430 g/mol. The lowest BCUT2D eigenvalue weighted by molar-refractivity contribution is 0.00321. The molecule has 9 heteroatoms. The van der Waals surface area contributed by atoms with Gasteiger partial charge in [0.2, 0.25) is 0 Å². The van der Waals surface area contributed by atoms with Gasteiger partial charge >= 0.3 is 0 Å². The number of aliphatic hydroxyl groups is 2. The van der Waals surface area contributed by atoms with E-state index in [1.165, 1.54) is 25.3 Å². The second-order valence-corrected chi connectivity index (χ2v) is 8.16. The number of halogens is 2. The molecular weight excluding hydrogens is 406 g/mol. The smallest absolute Gasteiger partial charge is 0.255 e. The Balaban J connectivity index is 1.63. The molecule has 2 aromatic heterocycles. The molecule has 1 fully saturated rings. The number of nitrogens with zero attached hydrogens (tertiary/aromatic N) is 3. The van der Waals surface area contributed by atoms with Crippen LogP contribution in [0.5, 0.6) is 0 Å². The number of aromatic nitrogens is 2. The molecule has 1 saturated heterocycles. The van der Waals surface area contributed by atoms with Gasteiger partial charge in [0.15, 0.2) is 0 Å². The molecule has 3 aromatic rings. The molecule has 1 amide bonds. The van der Waals surface area contributed by atoms with Gasteiger partial charge in [-0.2, -0.15) is 5.10 Å². The molecule has 0 bridgehead atoms. The molecule has 1 aliphatic heterocycles. The fraction of sp³-hybridized carbons (Fsp3) is 0.364. The number of amides is 1. The molecule has 0 aliphatic carbocycles. The van der Waals surface area contributed by atoms with Crippen molar-refractivity contribution in [1.29, 1.82) is 0 Å². The lowest BCUT2D eigenvalue weighted by atomic mass is 10.0. The van der Waals surface area contributed by atoms with Crippen LogP contribution in [0, 0.1) is 11.6 Å². The van der Waals surface area contributed by atoms with Crippen LogP contribution in [0.2, 0.25) is 0 Å². The number of benzene rings is 1. The van der Waals surface area contributed by atoms with Crippen molar-refractivity contribution in [3.8, 4) is 0 Å². The summed E-state index contributed by atoms with van der Waals surface area (Å²) in [6, 6.07) is 7.07. The van der Waals surface area contributed by atoms with E-state index >= 15 is 0 Å². The molecule has 7 nitrogen and oxygen atoms in total. The van der Waals surface area contributed by atoms with Crippen molar-refractivity contribution in [2.45, 2.75) is 31.4 Å². The number of nitrogens with one attached hydrogen (secondary N) is 1.